The summed E-state index contributed by atoms with van der Waals surface area (Å²) in [7, 11) is 0. The van der Waals surface area contributed by atoms with E-state index in [1.165, 1.54) is 0 Å². The molecule has 0 aliphatic rings. The third-order valence-corrected chi connectivity index (χ3v) is 1.32. The minimum Gasteiger partial charge on any atom is -0.338 e. The Morgan fingerprint density at radius 2 is 2.00 bits per heavy atom. The number of hydrogen-bond acceptors (Lipinski definition) is 2. The summed E-state index contributed by atoms with van der Waals surface area (Å²) in [6.45, 7) is 3.25. The van der Waals surface area contributed by atoms with Gasteiger partial charge in [-0.05, 0) is 12.8 Å². The Labute approximate surface area is 72.7 Å². The molecule has 0 aromatic heterocycles. The molecule has 2 N–H and O–H groups in total. The molecule has 0 spiro atoms. The smallest absolute Gasteiger partial charge is 0.314 e. The molecule has 4 heteroatoms. The summed E-state index contributed by atoms with van der Waals surface area (Å²) in [5, 5.41) is 5.31. The minimum atomic E-state index is -0.150. The van der Waals surface area contributed by atoms with Crippen LogP contribution in [-0.2, 0) is 4.79 Å². The standard InChI is InChI=1S/C8H16N2O2/c1-2-5-9-8(12)10-6-3-4-7-11/h7H,2-6H2,1H3,(H2,9,10,12). The zero-order valence-electron chi connectivity index (χ0n) is 7.43. The zero-order chi connectivity index (χ0) is 9.23. The molecular weight excluding hydrogens is 156 g/mol. The predicted molar refractivity (Wildman–Crippen MR) is 47.0 cm³/mol. The SMILES string of the molecule is CCCNC(=O)NCCCC=O. The van der Waals surface area contributed by atoms with Gasteiger partial charge in [0.15, 0.2) is 0 Å². The van der Waals surface area contributed by atoms with Crippen molar-refractivity contribution in [3.05, 3.63) is 0 Å². The molecule has 0 saturated carbocycles. The molecule has 0 aromatic rings. The lowest BCUT2D eigenvalue weighted by Gasteiger charge is -2.04. The molecule has 12 heavy (non-hydrogen) atoms. The third-order valence-electron chi connectivity index (χ3n) is 1.32. The van der Waals surface area contributed by atoms with Crippen LogP contribution in [0.5, 0.6) is 0 Å². The molecule has 0 aromatic carbocycles. The fourth-order valence-electron chi connectivity index (χ4n) is 0.688. The summed E-state index contributed by atoms with van der Waals surface area (Å²) in [6, 6.07) is -0.150. The first-order chi connectivity index (χ1) is 5.81. The molecule has 0 rings (SSSR count). The fraction of sp³-hybridized carbons (Fsp3) is 0.750. The van der Waals surface area contributed by atoms with Crippen LogP contribution >= 0.6 is 0 Å². The van der Waals surface area contributed by atoms with Crippen molar-refractivity contribution >= 4 is 12.3 Å². The largest absolute Gasteiger partial charge is 0.338 e. The average molecular weight is 172 g/mol. The van der Waals surface area contributed by atoms with Gasteiger partial charge in [0, 0.05) is 19.5 Å². The number of rotatable bonds is 6. The zero-order valence-corrected chi connectivity index (χ0v) is 7.43. The Kier molecular flexibility index (Phi) is 7.33. The monoisotopic (exact) mass is 172 g/mol. The number of amides is 2. The van der Waals surface area contributed by atoms with Crippen LogP contribution in [0.25, 0.3) is 0 Å². The van der Waals surface area contributed by atoms with E-state index < -0.39 is 0 Å². The van der Waals surface area contributed by atoms with E-state index in [9.17, 15) is 9.59 Å². The van der Waals surface area contributed by atoms with Crippen LogP contribution in [-0.4, -0.2) is 25.4 Å². The number of unbranched alkanes of at least 4 members (excludes halogenated alkanes) is 1. The van der Waals surface area contributed by atoms with Gasteiger partial charge in [-0.3, -0.25) is 0 Å². The van der Waals surface area contributed by atoms with Crippen molar-refractivity contribution in [2.75, 3.05) is 13.1 Å². The van der Waals surface area contributed by atoms with E-state index >= 15 is 0 Å². The highest BCUT2D eigenvalue weighted by Crippen LogP contribution is 1.80. The first-order valence-corrected chi connectivity index (χ1v) is 4.26. The summed E-state index contributed by atoms with van der Waals surface area (Å²) in [4.78, 5) is 20.7. The number of carbonyl (C=O) groups excluding carboxylic acids is 2. The Hall–Kier alpha value is -1.06. The molecule has 4 nitrogen and oxygen atoms in total. The summed E-state index contributed by atoms with van der Waals surface area (Å²) >= 11 is 0. The maximum Gasteiger partial charge on any atom is 0.314 e. The van der Waals surface area contributed by atoms with Crippen molar-refractivity contribution in [3.63, 3.8) is 0 Å². The number of aldehydes is 1. The second kappa shape index (κ2) is 8.04. The third kappa shape index (κ3) is 7.05. The van der Waals surface area contributed by atoms with E-state index in [2.05, 4.69) is 10.6 Å². The molecule has 0 fully saturated rings. The highest BCUT2D eigenvalue weighted by Gasteiger charge is 1.95. The Balaban J connectivity index is 3.13. The van der Waals surface area contributed by atoms with Crippen molar-refractivity contribution < 1.29 is 9.59 Å². The highest BCUT2D eigenvalue weighted by atomic mass is 16.2. The van der Waals surface area contributed by atoms with Gasteiger partial charge in [-0.25, -0.2) is 4.79 Å². The molecule has 0 saturated heterocycles. The van der Waals surface area contributed by atoms with E-state index in [-0.39, 0.29) is 6.03 Å². The van der Waals surface area contributed by atoms with Gasteiger partial charge >= 0.3 is 6.03 Å². The van der Waals surface area contributed by atoms with E-state index in [0.29, 0.717) is 25.9 Å². The van der Waals surface area contributed by atoms with Crippen LogP contribution in [0.3, 0.4) is 0 Å². The molecule has 70 valence electrons. The lowest BCUT2D eigenvalue weighted by atomic mass is 10.3. The van der Waals surface area contributed by atoms with Crippen molar-refractivity contribution in [2.24, 2.45) is 0 Å². The molecule has 0 atom stereocenters. The lowest BCUT2D eigenvalue weighted by molar-refractivity contribution is -0.107. The van der Waals surface area contributed by atoms with Gasteiger partial charge in [-0.15, -0.1) is 0 Å². The van der Waals surface area contributed by atoms with Crippen molar-refractivity contribution in [2.45, 2.75) is 26.2 Å². The minimum absolute atomic E-state index is 0.150. The summed E-state index contributed by atoms with van der Waals surface area (Å²) in [6.07, 6.45) is 3.00. The highest BCUT2D eigenvalue weighted by molar-refractivity contribution is 5.73. The Morgan fingerprint density at radius 1 is 1.33 bits per heavy atom. The van der Waals surface area contributed by atoms with Crippen LogP contribution in [0.2, 0.25) is 0 Å². The van der Waals surface area contributed by atoms with Gasteiger partial charge in [-0.2, -0.15) is 0 Å². The number of carbonyl (C=O) groups is 2. The van der Waals surface area contributed by atoms with Gasteiger partial charge in [0.1, 0.15) is 6.29 Å². The van der Waals surface area contributed by atoms with Crippen LogP contribution in [0, 0.1) is 0 Å². The molecule has 0 heterocycles. The van der Waals surface area contributed by atoms with Crippen LogP contribution in [0.4, 0.5) is 4.79 Å². The fourth-order valence-corrected chi connectivity index (χ4v) is 0.688. The summed E-state index contributed by atoms with van der Waals surface area (Å²) in [5.74, 6) is 0. The van der Waals surface area contributed by atoms with Gasteiger partial charge < -0.3 is 15.4 Å². The molecule has 0 aliphatic carbocycles. The Morgan fingerprint density at radius 3 is 2.58 bits per heavy atom. The van der Waals surface area contributed by atoms with Gasteiger partial charge in [0.2, 0.25) is 0 Å². The van der Waals surface area contributed by atoms with E-state index in [4.69, 9.17) is 0 Å². The molecule has 0 aliphatic heterocycles. The van der Waals surface area contributed by atoms with Gasteiger partial charge in [0.25, 0.3) is 0 Å². The Bertz CT molecular complexity index is 137. The summed E-state index contributed by atoms with van der Waals surface area (Å²) < 4.78 is 0. The van der Waals surface area contributed by atoms with E-state index in [0.717, 1.165) is 12.7 Å². The number of hydrogen-bond donors (Lipinski definition) is 2. The van der Waals surface area contributed by atoms with Crippen molar-refractivity contribution in [3.8, 4) is 0 Å². The van der Waals surface area contributed by atoms with E-state index in [1.807, 2.05) is 6.92 Å². The molecular formula is C8H16N2O2. The van der Waals surface area contributed by atoms with Crippen LogP contribution < -0.4 is 10.6 Å². The quantitative estimate of drug-likeness (QED) is 0.457. The van der Waals surface area contributed by atoms with Crippen LogP contribution in [0.1, 0.15) is 26.2 Å². The number of nitrogens with one attached hydrogen (secondary N) is 2. The van der Waals surface area contributed by atoms with Gasteiger partial charge in [0.05, 0.1) is 0 Å². The van der Waals surface area contributed by atoms with Crippen molar-refractivity contribution in [1.29, 1.82) is 0 Å². The second-order valence-corrected chi connectivity index (χ2v) is 2.49. The molecule has 0 bridgehead atoms. The van der Waals surface area contributed by atoms with Gasteiger partial charge in [-0.1, -0.05) is 6.92 Å². The first-order valence-electron chi connectivity index (χ1n) is 4.26. The predicted octanol–water partition coefficient (Wildman–Crippen LogP) is 0.675. The first kappa shape index (κ1) is 10.9. The summed E-state index contributed by atoms with van der Waals surface area (Å²) in [5.41, 5.74) is 0. The second-order valence-electron chi connectivity index (χ2n) is 2.49. The average Bonchev–Trinajstić information content (AvgIpc) is 2.09. The molecule has 2 amide bonds. The maximum absolute atomic E-state index is 10.9. The maximum atomic E-state index is 10.9. The van der Waals surface area contributed by atoms with E-state index in [1.54, 1.807) is 0 Å². The number of urea groups is 1. The molecule has 0 radical (unpaired) electrons. The van der Waals surface area contributed by atoms with Crippen LogP contribution in [0.15, 0.2) is 0 Å². The molecule has 0 unspecified atom stereocenters. The topological polar surface area (TPSA) is 58.2 Å². The lowest BCUT2D eigenvalue weighted by Crippen LogP contribution is -2.36. The van der Waals surface area contributed by atoms with Crippen molar-refractivity contribution in [1.82, 2.24) is 10.6 Å². The normalized spacial score (nSPS) is 9.08.